The maximum atomic E-state index is 11.6. The lowest BCUT2D eigenvalue weighted by molar-refractivity contribution is 0.0535. The summed E-state index contributed by atoms with van der Waals surface area (Å²) in [7, 11) is 0. The van der Waals surface area contributed by atoms with Crippen LogP contribution in [0.3, 0.4) is 0 Å². The number of carbonyl (C=O) groups is 1. The number of rotatable bonds is 4. The monoisotopic (exact) mass is 383 g/mol. The Balaban J connectivity index is 1.25. The molecule has 0 bridgehead atoms. The molecule has 0 unspecified atom stereocenters. The lowest BCUT2D eigenvalue weighted by atomic mass is 10.0. The fourth-order valence-electron chi connectivity index (χ4n) is 4.13. The van der Waals surface area contributed by atoms with E-state index in [0.29, 0.717) is 12.2 Å². The maximum Gasteiger partial charge on any atom is 0.338 e. The number of benzene rings is 2. The lowest BCUT2D eigenvalue weighted by Crippen LogP contribution is -2.32. The SMILES string of the molecule is C#Cc1ccc(-n2ncc3c2CCN(CCc2ccc4c(c2)COC4=O)C3)cc1. The Morgan fingerprint density at radius 1 is 1.14 bits per heavy atom. The van der Waals surface area contributed by atoms with Gasteiger partial charge in [-0.25, -0.2) is 9.48 Å². The molecule has 0 atom stereocenters. The van der Waals surface area contributed by atoms with Gasteiger partial charge >= 0.3 is 5.97 Å². The summed E-state index contributed by atoms with van der Waals surface area (Å²) >= 11 is 0. The fourth-order valence-corrected chi connectivity index (χ4v) is 4.13. The van der Waals surface area contributed by atoms with Crippen molar-refractivity contribution < 1.29 is 9.53 Å². The summed E-state index contributed by atoms with van der Waals surface area (Å²) in [5.41, 5.74) is 7.45. The minimum atomic E-state index is -0.207. The second kappa shape index (κ2) is 7.23. The topological polar surface area (TPSA) is 47.4 Å². The van der Waals surface area contributed by atoms with Gasteiger partial charge in [0, 0.05) is 48.4 Å². The zero-order valence-corrected chi connectivity index (χ0v) is 16.1. The van der Waals surface area contributed by atoms with E-state index in [4.69, 9.17) is 11.2 Å². The predicted octanol–water partition coefficient (Wildman–Crippen LogP) is 3.12. The van der Waals surface area contributed by atoms with Gasteiger partial charge in [0.15, 0.2) is 0 Å². The molecule has 2 aromatic carbocycles. The molecule has 2 aliphatic heterocycles. The van der Waals surface area contributed by atoms with Gasteiger partial charge in [-0.1, -0.05) is 18.1 Å². The van der Waals surface area contributed by atoms with Crippen LogP contribution in [-0.4, -0.2) is 33.7 Å². The summed E-state index contributed by atoms with van der Waals surface area (Å²) in [6.45, 7) is 3.30. The molecule has 0 fully saturated rings. The third-order valence-electron chi connectivity index (χ3n) is 5.76. The van der Waals surface area contributed by atoms with E-state index in [1.165, 1.54) is 16.8 Å². The number of fused-ring (bicyclic) bond motifs is 2. The van der Waals surface area contributed by atoms with Crippen molar-refractivity contribution in [3.63, 3.8) is 0 Å². The van der Waals surface area contributed by atoms with E-state index >= 15 is 0 Å². The normalized spacial score (nSPS) is 15.5. The van der Waals surface area contributed by atoms with Crippen LogP contribution < -0.4 is 0 Å². The van der Waals surface area contributed by atoms with E-state index in [2.05, 4.69) is 22.0 Å². The zero-order chi connectivity index (χ0) is 19.8. The first-order valence-corrected chi connectivity index (χ1v) is 9.85. The first-order valence-electron chi connectivity index (χ1n) is 9.85. The first-order chi connectivity index (χ1) is 14.2. The molecular formula is C24H21N3O2. The van der Waals surface area contributed by atoms with E-state index in [-0.39, 0.29) is 5.97 Å². The fraction of sp³-hybridized carbons (Fsp3) is 0.250. The summed E-state index contributed by atoms with van der Waals surface area (Å²) in [6.07, 6.45) is 9.36. The van der Waals surface area contributed by atoms with Crippen LogP contribution in [0.5, 0.6) is 0 Å². The highest BCUT2D eigenvalue weighted by molar-refractivity contribution is 5.93. The van der Waals surface area contributed by atoms with Crippen molar-refractivity contribution in [1.29, 1.82) is 0 Å². The Kier molecular flexibility index (Phi) is 4.42. The minimum absolute atomic E-state index is 0.207. The van der Waals surface area contributed by atoms with Crippen molar-refractivity contribution in [1.82, 2.24) is 14.7 Å². The molecule has 3 aromatic rings. The molecule has 0 spiro atoms. The Morgan fingerprint density at radius 2 is 2.00 bits per heavy atom. The van der Waals surface area contributed by atoms with Crippen molar-refractivity contribution in [2.24, 2.45) is 0 Å². The average Bonchev–Trinajstić information content (AvgIpc) is 3.35. The molecule has 0 saturated heterocycles. The summed E-state index contributed by atoms with van der Waals surface area (Å²) in [5.74, 6) is 2.44. The van der Waals surface area contributed by atoms with Crippen molar-refractivity contribution in [2.75, 3.05) is 13.1 Å². The molecule has 0 amide bonds. The van der Waals surface area contributed by atoms with E-state index in [0.717, 1.165) is 49.3 Å². The number of aromatic nitrogens is 2. The van der Waals surface area contributed by atoms with Crippen molar-refractivity contribution in [2.45, 2.75) is 26.0 Å². The highest BCUT2D eigenvalue weighted by Crippen LogP contribution is 2.24. The molecule has 2 aliphatic rings. The van der Waals surface area contributed by atoms with Crippen LogP contribution in [0, 0.1) is 12.3 Å². The van der Waals surface area contributed by atoms with Gasteiger partial charge in [0.2, 0.25) is 0 Å². The summed E-state index contributed by atoms with van der Waals surface area (Å²) in [5, 5.41) is 4.62. The Labute approximate surface area is 169 Å². The number of esters is 1. The van der Waals surface area contributed by atoms with Crippen LogP contribution in [-0.2, 0) is 30.7 Å². The van der Waals surface area contributed by atoms with Crippen LogP contribution in [0.2, 0.25) is 0 Å². The maximum absolute atomic E-state index is 11.6. The van der Waals surface area contributed by atoms with Crippen molar-refractivity contribution >= 4 is 5.97 Å². The molecule has 0 saturated carbocycles. The van der Waals surface area contributed by atoms with Gasteiger partial charge < -0.3 is 4.74 Å². The second-order valence-electron chi connectivity index (χ2n) is 7.56. The highest BCUT2D eigenvalue weighted by Gasteiger charge is 2.23. The van der Waals surface area contributed by atoms with Gasteiger partial charge in [0.25, 0.3) is 0 Å². The number of hydrogen-bond donors (Lipinski definition) is 0. The van der Waals surface area contributed by atoms with Crippen LogP contribution in [0.15, 0.2) is 48.7 Å². The largest absolute Gasteiger partial charge is 0.457 e. The number of hydrogen-bond acceptors (Lipinski definition) is 4. The number of cyclic esters (lactones) is 1. The quantitative estimate of drug-likeness (QED) is 0.513. The smallest absolute Gasteiger partial charge is 0.338 e. The summed E-state index contributed by atoms with van der Waals surface area (Å²) in [4.78, 5) is 14.1. The van der Waals surface area contributed by atoms with E-state index in [1.54, 1.807) is 0 Å². The second-order valence-corrected chi connectivity index (χ2v) is 7.56. The summed E-state index contributed by atoms with van der Waals surface area (Å²) < 4.78 is 7.13. The predicted molar refractivity (Wildman–Crippen MR) is 110 cm³/mol. The molecule has 144 valence electrons. The molecule has 5 nitrogen and oxygen atoms in total. The van der Waals surface area contributed by atoms with Crippen LogP contribution >= 0.6 is 0 Å². The number of ether oxygens (including phenoxy) is 1. The highest BCUT2D eigenvalue weighted by atomic mass is 16.5. The Bertz CT molecular complexity index is 1120. The van der Waals surface area contributed by atoms with E-state index in [1.807, 2.05) is 47.3 Å². The molecule has 5 heteroatoms. The van der Waals surface area contributed by atoms with Crippen LogP contribution in [0.1, 0.15) is 38.3 Å². The van der Waals surface area contributed by atoms with Crippen LogP contribution in [0.4, 0.5) is 0 Å². The van der Waals surface area contributed by atoms with Gasteiger partial charge in [-0.3, -0.25) is 4.90 Å². The van der Waals surface area contributed by atoms with Gasteiger partial charge in [-0.15, -0.1) is 6.42 Å². The minimum Gasteiger partial charge on any atom is -0.457 e. The third-order valence-corrected chi connectivity index (χ3v) is 5.76. The molecule has 0 radical (unpaired) electrons. The standard InChI is InChI=1S/C24H21N3O2/c1-2-17-3-6-21(7-4-17)27-23-10-12-26(15-20(23)14-25-27)11-9-18-5-8-22-19(13-18)16-29-24(22)28/h1,3-8,13-14H,9-12,15-16H2. The molecule has 0 N–H and O–H groups in total. The number of terminal acetylenes is 1. The molecule has 1 aromatic heterocycles. The summed E-state index contributed by atoms with van der Waals surface area (Å²) in [6, 6.07) is 14.0. The van der Waals surface area contributed by atoms with E-state index < -0.39 is 0 Å². The number of carbonyl (C=O) groups excluding carboxylic acids is 1. The zero-order valence-electron chi connectivity index (χ0n) is 16.1. The van der Waals surface area contributed by atoms with Gasteiger partial charge in [0.1, 0.15) is 6.61 Å². The molecule has 5 rings (SSSR count). The van der Waals surface area contributed by atoms with Crippen molar-refractivity contribution in [3.05, 3.63) is 82.2 Å². The molecular weight excluding hydrogens is 362 g/mol. The number of nitrogens with zero attached hydrogens (tertiary/aromatic N) is 3. The average molecular weight is 383 g/mol. The molecule has 0 aliphatic carbocycles. The third kappa shape index (κ3) is 3.32. The lowest BCUT2D eigenvalue weighted by Gasteiger charge is -2.27. The Morgan fingerprint density at radius 3 is 2.83 bits per heavy atom. The Hall–Kier alpha value is -3.36. The molecule has 3 heterocycles. The molecule has 29 heavy (non-hydrogen) atoms. The van der Waals surface area contributed by atoms with Gasteiger partial charge in [0.05, 0.1) is 17.4 Å². The van der Waals surface area contributed by atoms with E-state index in [9.17, 15) is 4.79 Å². The van der Waals surface area contributed by atoms with Gasteiger partial charge in [-0.05, 0) is 42.3 Å². The van der Waals surface area contributed by atoms with Crippen LogP contribution in [0.25, 0.3) is 5.69 Å². The first kappa shape index (κ1) is 17.7. The van der Waals surface area contributed by atoms with Crippen molar-refractivity contribution in [3.8, 4) is 18.0 Å². The van der Waals surface area contributed by atoms with Gasteiger partial charge in [-0.2, -0.15) is 5.10 Å².